The molecule has 0 spiro atoms. The maximum atomic E-state index is 12.0. The largest absolute Gasteiger partial charge is 0.444 e. The molecule has 0 aliphatic carbocycles. The Kier molecular flexibility index (Phi) is 6.49. The Bertz CT molecular complexity index is 369. The standard InChI is InChI=1S/C14H25F3N2O3/c1-10(18-21-9-14(15,16)17)11-6-5-7-19(8-11)12(20)22-13(2,3)4/h10-11,18H,5-9H2,1-4H3. The zero-order valence-electron chi connectivity index (χ0n) is 13.5. The molecule has 1 fully saturated rings. The van der Waals surface area contributed by atoms with E-state index in [2.05, 4.69) is 10.3 Å². The van der Waals surface area contributed by atoms with E-state index in [9.17, 15) is 18.0 Å². The fourth-order valence-electron chi connectivity index (χ4n) is 2.26. The van der Waals surface area contributed by atoms with E-state index in [1.807, 2.05) is 0 Å². The lowest BCUT2D eigenvalue weighted by Gasteiger charge is -2.36. The van der Waals surface area contributed by atoms with Gasteiger partial charge >= 0.3 is 12.3 Å². The normalized spacial score (nSPS) is 21.6. The molecule has 0 aromatic carbocycles. The molecule has 2 unspecified atom stereocenters. The van der Waals surface area contributed by atoms with Crippen LogP contribution in [0.3, 0.4) is 0 Å². The molecule has 22 heavy (non-hydrogen) atoms. The summed E-state index contributed by atoms with van der Waals surface area (Å²) in [6.07, 6.45) is -3.14. The molecule has 1 N–H and O–H groups in total. The summed E-state index contributed by atoms with van der Waals surface area (Å²) in [6.45, 7) is 6.84. The van der Waals surface area contributed by atoms with Gasteiger partial charge in [0, 0.05) is 19.1 Å². The van der Waals surface area contributed by atoms with Crippen LogP contribution in [0.25, 0.3) is 0 Å². The molecule has 0 saturated carbocycles. The lowest BCUT2D eigenvalue weighted by atomic mass is 9.92. The Morgan fingerprint density at radius 3 is 2.55 bits per heavy atom. The number of nitrogens with zero attached hydrogens (tertiary/aromatic N) is 1. The number of carbonyl (C=O) groups is 1. The summed E-state index contributed by atoms with van der Waals surface area (Å²) < 4.78 is 41.4. The topological polar surface area (TPSA) is 50.8 Å². The Hall–Kier alpha value is -1.02. The number of carbonyl (C=O) groups excluding carboxylic acids is 1. The highest BCUT2D eigenvalue weighted by Crippen LogP contribution is 2.22. The van der Waals surface area contributed by atoms with E-state index in [0.717, 1.165) is 12.8 Å². The molecule has 0 radical (unpaired) electrons. The second-order valence-electron chi connectivity index (χ2n) is 6.64. The first-order valence-corrected chi connectivity index (χ1v) is 7.40. The zero-order valence-corrected chi connectivity index (χ0v) is 13.5. The quantitative estimate of drug-likeness (QED) is 0.807. The lowest BCUT2D eigenvalue weighted by molar-refractivity contribution is -0.194. The molecule has 0 bridgehead atoms. The van der Waals surface area contributed by atoms with Gasteiger partial charge < -0.3 is 9.64 Å². The minimum absolute atomic E-state index is 0.0227. The van der Waals surface area contributed by atoms with Gasteiger partial charge in [-0.25, -0.2) is 4.79 Å². The van der Waals surface area contributed by atoms with E-state index in [1.165, 1.54) is 0 Å². The van der Waals surface area contributed by atoms with Gasteiger partial charge in [-0.2, -0.15) is 18.7 Å². The van der Waals surface area contributed by atoms with Crippen molar-refractivity contribution in [2.24, 2.45) is 5.92 Å². The first kappa shape index (κ1) is 19.0. The van der Waals surface area contributed by atoms with Crippen LogP contribution in [-0.4, -0.2) is 48.5 Å². The number of hydrogen-bond donors (Lipinski definition) is 1. The molecule has 1 aliphatic heterocycles. The van der Waals surface area contributed by atoms with Crippen molar-refractivity contribution in [3.05, 3.63) is 0 Å². The van der Waals surface area contributed by atoms with E-state index in [0.29, 0.717) is 13.1 Å². The van der Waals surface area contributed by atoms with Gasteiger partial charge in [-0.05, 0) is 46.5 Å². The summed E-state index contributed by atoms with van der Waals surface area (Å²) in [4.78, 5) is 18.1. The van der Waals surface area contributed by atoms with E-state index in [-0.39, 0.29) is 18.1 Å². The molecule has 1 aliphatic rings. The summed E-state index contributed by atoms with van der Waals surface area (Å²) in [5, 5.41) is 0. The van der Waals surface area contributed by atoms with E-state index >= 15 is 0 Å². The summed E-state index contributed by atoms with van der Waals surface area (Å²) in [7, 11) is 0. The number of piperidine rings is 1. The zero-order chi connectivity index (χ0) is 17.0. The molecule has 1 saturated heterocycles. The fraction of sp³-hybridized carbons (Fsp3) is 0.929. The van der Waals surface area contributed by atoms with Crippen LogP contribution in [0, 0.1) is 5.92 Å². The van der Waals surface area contributed by atoms with Crippen LogP contribution in [0.5, 0.6) is 0 Å². The number of ether oxygens (including phenoxy) is 1. The van der Waals surface area contributed by atoms with Crippen LogP contribution >= 0.6 is 0 Å². The second kappa shape index (κ2) is 7.50. The van der Waals surface area contributed by atoms with Gasteiger partial charge in [-0.3, -0.25) is 4.84 Å². The average Bonchev–Trinajstić information content (AvgIpc) is 2.35. The van der Waals surface area contributed by atoms with Crippen molar-refractivity contribution < 1.29 is 27.5 Å². The van der Waals surface area contributed by atoms with Crippen molar-refractivity contribution in [1.29, 1.82) is 0 Å². The Morgan fingerprint density at radius 1 is 1.36 bits per heavy atom. The molecule has 5 nitrogen and oxygen atoms in total. The first-order chi connectivity index (χ1) is 9.98. The molecule has 8 heteroatoms. The van der Waals surface area contributed by atoms with Crippen LogP contribution in [-0.2, 0) is 9.57 Å². The van der Waals surface area contributed by atoms with Crippen LogP contribution in [0.4, 0.5) is 18.0 Å². The third kappa shape index (κ3) is 7.31. The molecule has 1 rings (SSSR count). The average molecular weight is 326 g/mol. The summed E-state index contributed by atoms with van der Waals surface area (Å²) in [6, 6.07) is -0.285. The van der Waals surface area contributed by atoms with Gasteiger partial charge in [-0.15, -0.1) is 0 Å². The maximum Gasteiger partial charge on any atom is 0.413 e. The van der Waals surface area contributed by atoms with E-state index in [1.54, 1.807) is 32.6 Å². The third-order valence-corrected chi connectivity index (χ3v) is 3.32. The fourth-order valence-corrected chi connectivity index (χ4v) is 2.26. The first-order valence-electron chi connectivity index (χ1n) is 7.40. The third-order valence-electron chi connectivity index (χ3n) is 3.32. The van der Waals surface area contributed by atoms with Crippen LogP contribution in [0.1, 0.15) is 40.5 Å². The highest BCUT2D eigenvalue weighted by Gasteiger charge is 2.32. The number of nitrogens with one attached hydrogen (secondary N) is 1. The number of hydrogen-bond acceptors (Lipinski definition) is 4. The second-order valence-corrected chi connectivity index (χ2v) is 6.64. The summed E-state index contributed by atoms with van der Waals surface area (Å²) in [5.41, 5.74) is 1.85. The van der Waals surface area contributed by atoms with Gasteiger partial charge in [0.1, 0.15) is 5.60 Å². The molecule has 0 aromatic heterocycles. The maximum absolute atomic E-state index is 12.0. The molecular weight excluding hydrogens is 301 g/mol. The van der Waals surface area contributed by atoms with E-state index < -0.39 is 18.4 Å². The number of hydroxylamine groups is 1. The van der Waals surface area contributed by atoms with Crippen molar-refractivity contribution >= 4 is 6.09 Å². The highest BCUT2D eigenvalue weighted by atomic mass is 19.4. The van der Waals surface area contributed by atoms with Crippen molar-refractivity contribution in [3.63, 3.8) is 0 Å². The van der Waals surface area contributed by atoms with Crippen molar-refractivity contribution in [2.75, 3.05) is 19.7 Å². The van der Waals surface area contributed by atoms with Gasteiger partial charge in [0.2, 0.25) is 0 Å². The monoisotopic (exact) mass is 326 g/mol. The van der Waals surface area contributed by atoms with Gasteiger partial charge in [0.15, 0.2) is 6.61 Å². The number of alkyl halides is 3. The molecule has 1 heterocycles. The SMILES string of the molecule is CC(NOCC(F)(F)F)C1CCCN(C(=O)OC(C)(C)C)C1. The highest BCUT2D eigenvalue weighted by molar-refractivity contribution is 5.68. The van der Waals surface area contributed by atoms with Crippen LogP contribution in [0.15, 0.2) is 0 Å². The molecule has 130 valence electrons. The van der Waals surface area contributed by atoms with Crippen molar-refractivity contribution in [1.82, 2.24) is 10.4 Å². The van der Waals surface area contributed by atoms with Crippen LogP contribution in [0.2, 0.25) is 0 Å². The van der Waals surface area contributed by atoms with Gasteiger partial charge in [-0.1, -0.05) is 0 Å². The van der Waals surface area contributed by atoms with Crippen molar-refractivity contribution in [3.8, 4) is 0 Å². The molecule has 1 amide bonds. The Labute approximate surface area is 129 Å². The minimum Gasteiger partial charge on any atom is -0.444 e. The number of rotatable bonds is 4. The summed E-state index contributed by atoms with van der Waals surface area (Å²) >= 11 is 0. The number of halogens is 3. The number of amides is 1. The number of likely N-dealkylation sites (tertiary alicyclic amines) is 1. The molecule has 2 atom stereocenters. The Morgan fingerprint density at radius 2 is 2.00 bits per heavy atom. The summed E-state index contributed by atoms with van der Waals surface area (Å²) in [5.74, 6) is 0.0227. The van der Waals surface area contributed by atoms with Crippen molar-refractivity contribution in [2.45, 2.75) is 58.4 Å². The van der Waals surface area contributed by atoms with Crippen LogP contribution < -0.4 is 5.48 Å². The van der Waals surface area contributed by atoms with E-state index in [4.69, 9.17) is 4.74 Å². The predicted octanol–water partition coefficient (Wildman–Crippen LogP) is 3.11. The van der Waals surface area contributed by atoms with Gasteiger partial charge in [0.05, 0.1) is 0 Å². The molecular formula is C14H25F3N2O3. The lowest BCUT2D eigenvalue weighted by Crippen LogP contribution is -2.48. The molecule has 0 aromatic rings. The smallest absolute Gasteiger partial charge is 0.413 e. The Balaban J connectivity index is 2.43. The minimum atomic E-state index is -4.36. The van der Waals surface area contributed by atoms with Gasteiger partial charge in [0.25, 0.3) is 0 Å². The predicted molar refractivity (Wildman–Crippen MR) is 75.1 cm³/mol.